The minimum atomic E-state index is -0.395. The minimum Gasteiger partial charge on any atom is -0.480 e. The van der Waals surface area contributed by atoms with Crippen molar-refractivity contribution in [2.24, 2.45) is 0 Å². The van der Waals surface area contributed by atoms with Crippen LogP contribution in [0.15, 0.2) is 18.2 Å². The molecule has 0 bridgehead atoms. The highest BCUT2D eigenvalue weighted by Crippen LogP contribution is 2.31. The molecule has 0 N–H and O–H groups in total. The van der Waals surface area contributed by atoms with E-state index in [1.54, 1.807) is 26.2 Å². The fourth-order valence-corrected chi connectivity index (χ4v) is 1.84. The van der Waals surface area contributed by atoms with Gasteiger partial charge < -0.3 is 9.64 Å². The molecular weight excluding hydrogens is 214 g/mol. The predicted octanol–water partition coefficient (Wildman–Crippen LogP) is 1.73. The lowest BCUT2D eigenvalue weighted by Crippen LogP contribution is -2.36. The molecule has 1 aromatic rings. The molecule has 1 aromatic carbocycles. The summed E-state index contributed by atoms with van der Waals surface area (Å²) in [6.45, 7) is 0. The van der Waals surface area contributed by atoms with Crippen molar-refractivity contribution in [3.8, 4) is 5.75 Å². The Balaban J connectivity index is 2.19. The summed E-state index contributed by atoms with van der Waals surface area (Å²) in [6, 6.07) is 5.42. The van der Waals surface area contributed by atoms with Crippen molar-refractivity contribution in [2.45, 2.75) is 12.5 Å². The van der Waals surface area contributed by atoms with E-state index in [2.05, 4.69) is 0 Å². The van der Waals surface area contributed by atoms with Gasteiger partial charge in [-0.25, -0.2) is 0 Å². The van der Waals surface area contributed by atoms with Crippen LogP contribution >= 0.6 is 11.6 Å². The summed E-state index contributed by atoms with van der Waals surface area (Å²) in [4.78, 5) is 13.2. The van der Waals surface area contributed by atoms with Crippen molar-refractivity contribution in [3.63, 3.8) is 0 Å². The van der Waals surface area contributed by atoms with E-state index >= 15 is 0 Å². The Hall–Kier alpha value is -1.22. The van der Waals surface area contributed by atoms with Crippen LogP contribution in [-0.4, -0.2) is 31.0 Å². The zero-order chi connectivity index (χ0) is 11.0. The number of rotatable bonds is 1. The fraction of sp³-hybridized carbons (Fsp3) is 0.364. The first-order valence-electron chi connectivity index (χ1n) is 4.74. The molecule has 0 aromatic heterocycles. The molecule has 1 aliphatic rings. The van der Waals surface area contributed by atoms with Crippen LogP contribution in [0.5, 0.6) is 5.75 Å². The average molecular weight is 226 g/mol. The zero-order valence-electron chi connectivity index (χ0n) is 8.66. The highest BCUT2D eigenvalue weighted by Gasteiger charge is 2.30. The number of ether oxygens (including phenoxy) is 1. The number of carbonyl (C=O) groups excluding carboxylic acids is 1. The van der Waals surface area contributed by atoms with Gasteiger partial charge in [-0.2, -0.15) is 0 Å². The summed E-state index contributed by atoms with van der Waals surface area (Å²) in [7, 11) is 3.45. The first kappa shape index (κ1) is 10.3. The summed E-state index contributed by atoms with van der Waals surface area (Å²) in [5.41, 5.74) is 1.00. The van der Waals surface area contributed by atoms with Crippen molar-refractivity contribution < 1.29 is 9.53 Å². The monoisotopic (exact) mass is 225 g/mol. The van der Waals surface area contributed by atoms with Crippen LogP contribution in [0.1, 0.15) is 5.56 Å². The van der Waals surface area contributed by atoms with E-state index in [0.29, 0.717) is 11.4 Å². The molecule has 1 amide bonds. The first-order valence-corrected chi connectivity index (χ1v) is 5.12. The Bertz CT molecular complexity index is 404. The molecule has 0 saturated carbocycles. The maximum absolute atomic E-state index is 11.7. The summed E-state index contributed by atoms with van der Waals surface area (Å²) in [5, 5.41) is 0.676. The molecule has 0 aliphatic carbocycles. The molecule has 4 heteroatoms. The molecule has 0 spiro atoms. The number of carbonyl (C=O) groups is 1. The molecular formula is C11H12ClNO2. The predicted molar refractivity (Wildman–Crippen MR) is 58.3 cm³/mol. The average Bonchev–Trinajstić information content (AvgIpc) is 2.58. The Morgan fingerprint density at radius 1 is 1.53 bits per heavy atom. The van der Waals surface area contributed by atoms with Gasteiger partial charge in [0.1, 0.15) is 5.75 Å². The van der Waals surface area contributed by atoms with Crippen molar-refractivity contribution in [2.75, 3.05) is 14.1 Å². The molecule has 1 aliphatic heterocycles. The van der Waals surface area contributed by atoms with Gasteiger partial charge >= 0.3 is 0 Å². The van der Waals surface area contributed by atoms with E-state index in [1.807, 2.05) is 6.07 Å². The van der Waals surface area contributed by atoms with Gasteiger partial charge in [-0.15, -0.1) is 0 Å². The maximum Gasteiger partial charge on any atom is 0.263 e. The SMILES string of the molecule is CN(C)C(=O)C1Cc2cc(Cl)ccc2O1. The van der Waals surface area contributed by atoms with Crippen LogP contribution in [0, 0.1) is 0 Å². The van der Waals surface area contributed by atoms with Crippen LogP contribution in [-0.2, 0) is 11.2 Å². The highest BCUT2D eigenvalue weighted by atomic mass is 35.5. The maximum atomic E-state index is 11.7. The summed E-state index contributed by atoms with van der Waals surface area (Å²) in [5.74, 6) is 0.752. The summed E-state index contributed by atoms with van der Waals surface area (Å²) < 4.78 is 5.54. The van der Waals surface area contributed by atoms with Gasteiger partial charge in [0, 0.05) is 25.5 Å². The van der Waals surface area contributed by atoms with Crippen LogP contribution in [0.2, 0.25) is 5.02 Å². The molecule has 3 nitrogen and oxygen atoms in total. The largest absolute Gasteiger partial charge is 0.480 e. The van der Waals surface area contributed by atoms with Crippen molar-refractivity contribution in [3.05, 3.63) is 28.8 Å². The third-order valence-electron chi connectivity index (χ3n) is 2.41. The number of hydrogen-bond acceptors (Lipinski definition) is 2. The number of benzene rings is 1. The van der Waals surface area contributed by atoms with E-state index in [9.17, 15) is 4.79 Å². The molecule has 0 saturated heterocycles. The molecule has 80 valence electrons. The van der Waals surface area contributed by atoms with Crippen molar-refractivity contribution >= 4 is 17.5 Å². The third kappa shape index (κ3) is 1.92. The summed E-state index contributed by atoms with van der Waals surface area (Å²) in [6.07, 6.45) is 0.209. The topological polar surface area (TPSA) is 29.5 Å². The Morgan fingerprint density at radius 3 is 2.93 bits per heavy atom. The normalized spacial score (nSPS) is 18.2. The van der Waals surface area contributed by atoms with Gasteiger partial charge in [-0.05, 0) is 23.8 Å². The van der Waals surface area contributed by atoms with E-state index in [-0.39, 0.29) is 5.91 Å². The van der Waals surface area contributed by atoms with E-state index in [1.165, 1.54) is 4.90 Å². The lowest BCUT2D eigenvalue weighted by Gasteiger charge is -2.15. The second-order valence-corrected chi connectivity index (χ2v) is 4.23. The Labute approximate surface area is 93.6 Å². The third-order valence-corrected chi connectivity index (χ3v) is 2.65. The van der Waals surface area contributed by atoms with E-state index < -0.39 is 6.10 Å². The van der Waals surface area contributed by atoms with Gasteiger partial charge in [0.2, 0.25) is 0 Å². The standard InChI is InChI=1S/C11H12ClNO2/c1-13(2)11(14)10-6-7-5-8(12)3-4-9(7)15-10/h3-5,10H,6H2,1-2H3. The van der Waals surface area contributed by atoms with Crippen LogP contribution < -0.4 is 4.74 Å². The first-order chi connectivity index (χ1) is 7.08. The van der Waals surface area contributed by atoms with Crippen molar-refractivity contribution in [1.29, 1.82) is 0 Å². The van der Waals surface area contributed by atoms with Crippen molar-refractivity contribution in [1.82, 2.24) is 4.90 Å². The molecule has 1 heterocycles. The van der Waals surface area contributed by atoms with Crippen LogP contribution in [0.3, 0.4) is 0 Å². The molecule has 0 radical (unpaired) electrons. The number of likely N-dealkylation sites (N-methyl/N-ethyl adjacent to an activating group) is 1. The lowest BCUT2D eigenvalue weighted by atomic mass is 10.1. The zero-order valence-corrected chi connectivity index (χ0v) is 9.41. The number of halogens is 1. The van der Waals surface area contributed by atoms with Gasteiger partial charge in [-0.3, -0.25) is 4.79 Å². The number of amides is 1. The van der Waals surface area contributed by atoms with Gasteiger partial charge in [0.25, 0.3) is 5.91 Å². The van der Waals surface area contributed by atoms with Gasteiger partial charge in [-0.1, -0.05) is 11.6 Å². The molecule has 2 rings (SSSR count). The highest BCUT2D eigenvalue weighted by molar-refractivity contribution is 6.30. The number of nitrogens with zero attached hydrogens (tertiary/aromatic N) is 1. The molecule has 1 unspecified atom stereocenters. The minimum absolute atomic E-state index is 0.0117. The summed E-state index contributed by atoms with van der Waals surface area (Å²) >= 11 is 5.86. The number of hydrogen-bond donors (Lipinski definition) is 0. The molecule has 1 atom stereocenters. The Morgan fingerprint density at radius 2 is 2.27 bits per heavy atom. The molecule has 0 fully saturated rings. The second-order valence-electron chi connectivity index (χ2n) is 3.80. The lowest BCUT2D eigenvalue weighted by molar-refractivity contribution is -0.135. The van der Waals surface area contributed by atoms with Gasteiger partial charge in [0.15, 0.2) is 6.10 Å². The number of fused-ring (bicyclic) bond motifs is 1. The van der Waals surface area contributed by atoms with Crippen LogP contribution in [0.4, 0.5) is 0 Å². The molecule has 15 heavy (non-hydrogen) atoms. The Kier molecular flexibility index (Phi) is 2.57. The quantitative estimate of drug-likeness (QED) is 0.729. The fourth-order valence-electron chi connectivity index (χ4n) is 1.64. The van der Waals surface area contributed by atoms with Crippen LogP contribution in [0.25, 0.3) is 0 Å². The van der Waals surface area contributed by atoms with E-state index in [0.717, 1.165) is 11.3 Å². The smallest absolute Gasteiger partial charge is 0.263 e. The second kappa shape index (κ2) is 3.74. The van der Waals surface area contributed by atoms with Gasteiger partial charge in [0.05, 0.1) is 0 Å². The van der Waals surface area contributed by atoms with E-state index in [4.69, 9.17) is 16.3 Å².